The first kappa shape index (κ1) is 17.8. The molecule has 0 aliphatic heterocycles. The molecule has 0 heterocycles. The quantitative estimate of drug-likeness (QED) is 0.712. The molecule has 2 aromatic rings. The highest BCUT2D eigenvalue weighted by atomic mass is 16.5. The van der Waals surface area contributed by atoms with Crippen LogP contribution in [0.1, 0.15) is 22.6 Å². The van der Waals surface area contributed by atoms with E-state index in [1.165, 1.54) is 20.3 Å². The molecule has 0 unspecified atom stereocenters. The Hall–Kier alpha value is -2.99. The summed E-state index contributed by atoms with van der Waals surface area (Å²) in [6.45, 7) is -0.245. The lowest BCUT2D eigenvalue weighted by atomic mass is 9.72. The lowest BCUT2D eigenvalue weighted by Crippen LogP contribution is -2.25. The largest absolute Gasteiger partial charge is 0.504 e. The van der Waals surface area contributed by atoms with Crippen LogP contribution in [0.25, 0.3) is 6.08 Å². The number of phenolic OH excluding ortho intramolecular Hbond substituents is 2. The Balaban J connectivity index is 2.24. The van der Waals surface area contributed by atoms with Gasteiger partial charge in [0.15, 0.2) is 23.0 Å². The van der Waals surface area contributed by atoms with Crippen molar-refractivity contribution in [1.29, 1.82) is 0 Å². The summed E-state index contributed by atoms with van der Waals surface area (Å²) < 4.78 is 10.3. The molecule has 2 atom stereocenters. The van der Waals surface area contributed by atoms with Crippen molar-refractivity contribution in [3.8, 4) is 23.0 Å². The van der Waals surface area contributed by atoms with Gasteiger partial charge in [0.2, 0.25) is 0 Å². The SMILES string of the molecule is COc1cc([C@@H]2c3cc(O)c(OC)cc3C=C(C=O)[C@H]2CO)ccc1O. The zero-order valence-corrected chi connectivity index (χ0v) is 14.5. The van der Waals surface area contributed by atoms with Crippen LogP contribution in [0.3, 0.4) is 0 Å². The smallest absolute Gasteiger partial charge is 0.161 e. The number of methoxy groups -OCH3 is 2. The van der Waals surface area contributed by atoms with Crippen LogP contribution in [0.15, 0.2) is 35.9 Å². The van der Waals surface area contributed by atoms with E-state index >= 15 is 0 Å². The molecular weight excluding hydrogens is 336 g/mol. The van der Waals surface area contributed by atoms with Crippen molar-refractivity contribution < 1.29 is 29.6 Å². The first-order chi connectivity index (χ1) is 12.5. The number of ether oxygens (including phenoxy) is 2. The number of phenols is 2. The van der Waals surface area contributed by atoms with Crippen molar-refractivity contribution in [1.82, 2.24) is 0 Å². The number of fused-ring (bicyclic) bond motifs is 1. The molecule has 0 fully saturated rings. The van der Waals surface area contributed by atoms with Gasteiger partial charge in [0.25, 0.3) is 0 Å². The maximum absolute atomic E-state index is 11.6. The second-order valence-corrected chi connectivity index (χ2v) is 6.11. The predicted molar refractivity (Wildman–Crippen MR) is 95.8 cm³/mol. The zero-order chi connectivity index (χ0) is 18.8. The molecule has 1 aliphatic rings. The van der Waals surface area contributed by atoms with Crippen LogP contribution in [-0.4, -0.2) is 42.4 Å². The van der Waals surface area contributed by atoms with Gasteiger partial charge in [-0.05, 0) is 52.6 Å². The number of aromatic hydroxyl groups is 2. The highest BCUT2D eigenvalue weighted by Crippen LogP contribution is 2.46. The molecule has 0 saturated carbocycles. The van der Waals surface area contributed by atoms with Gasteiger partial charge >= 0.3 is 0 Å². The fourth-order valence-corrected chi connectivity index (χ4v) is 3.49. The summed E-state index contributed by atoms with van der Waals surface area (Å²) in [6, 6.07) is 8.13. The van der Waals surface area contributed by atoms with E-state index in [9.17, 15) is 20.1 Å². The van der Waals surface area contributed by atoms with Crippen LogP contribution < -0.4 is 9.47 Å². The lowest BCUT2D eigenvalue weighted by Gasteiger charge is -2.32. The van der Waals surface area contributed by atoms with E-state index in [1.807, 2.05) is 0 Å². The van der Waals surface area contributed by atoms with Crippen LogP contribution in [0.2, 0.25) is 0 Å². The average molecular weight is 356 g/mol. The maximum atomic E-state index is 11.6. The molecule has 0 bridgehead atoms. The molecule has 6 nitrogen and oxygen atoms in total. The number of aldehydes is 1. The van der Waals surface area contributed by atoms with Gasteiger partial charge in [0, 0.05) is 11.8 Å². The number of benzene rings is 2. The van der Waals surface area contributed by atoms with E-state index in [4.69, 9.17) is 9.47 Å². The summed E-state index contributed by atoms with van der Waals surface area (Å²) in [5.74, 6) is -0.317. The number of carbonyl (C=O) groups is 1. The summed E-state index contributed by atoms with van der Waals surface area (Å²) >= 11 is 0. The summed E-state index contributed by atoms with van der Waals surface area (Å²) in [5.41, 5.74) is 2.67. The number of hydrogen-bond donors (Lipinski definition) is 3. The van der Waals surface area contributed by atoms with Crippen molar-refractivity contribution in [2.75, 3.05) is 20.8 Å². The molecule has 136 valence electrons. The fraction of sp³-hybridized carbons (Fsp3) is 0.250. The number of carbonyl (C=O) groups excluding carboxylic acids is 1. The Labute approximate surface area is 150 Å². The second kappa shape index (κ2) is 7.09. The third-order valence-electron chi connectivity index (χ3n) is 4.77. The van der Waals surface area contributed by atoms with Gasteiger partial charge in [-0.1, -0.05) is 6.07 Å². The Morgan fingerprint density at radius 2 is 1.73 bits per heavy atom. The van der Waals surface area contributed by atoms with E-state index in [2.05, 4.69) is 0 Å². The van der Waals surface area contributed by atoms with Crippen molar-refractivity contribution in [3.63, 3.8) is 0 Å². The van der Waals surface area contributed by atoms with Gasteiger partial charge < -0.3 is 24.8 Å². The van der Waals surface area contributed by atoms with Crippen molar-refractivity contribution in [2.24, 2.45) is 5.92 Å². The zero-order valence-electron chi connectivity index (χ0n) is 14.5. The molecular formula is C20H20O6. The molecule has 0 spiro atoms. The molecule has 6 heteroatoms. The Morgan fingerprint density at radius 1 is 1.04 bits per heavy atom. The Kier molecular flexibility index (Phi) is 4.86. The van der Waals surface area contributed by atoms with E-state index in [0.29, 0.717) is 17.1 Å². The number of aliphatic hydroxyl groups excluding tert-OH is 1. The molecule has 0 amide bonds. The topological polar surface area (TPSA) is 96.2 Å². The highest BCUT2D eigenvalue weighted by molar-refractivity contribution is 5.86. The molecule has 0 saturated heterocycles. The molecule has 26 heavy (non-hydrogen) atoms. The van der Waals surface area contributed by atoms with E-state index in [0.717, 1.165) is 23.0 Å². The molecule has 2 aromatic carbocycles. The minimum atomic E-state index is -0.484. The third kappa shape index (κ3) is 2.88. The van der Waals surface area contributed by atoms with Gasteiger partial charge in [0.1, 0.15) is 6.29 Å². The summed E-state index contributed by atoms with van der Waals surface area (Å²) in [6.07, 6.45) is 2.42. The van der Waals surface area contributed by atoms with E-state index < -0.39 is 11.8 Å². The van der Waals surface area contributed by atoms with Gasteiger partial charge in [0.05, 0.1) is 20.8 Å². The molecule has 0 aromatic heterocycles. The predicted octanol–water partition coefficient (Wildman–Crippen LogP) is 2.45. The molecule has 0 radical (unpaired) electrons. The van der Waals surface area contributed by atoms with Gasteiger partial charge in [-0.3, -0.25) is 4.79 Å². The summed E-state index contributed by atoms with van der Waals surface area (Å²) in [7, 11) is 2.90. The third-order valence-corrected chi connectivity index (χ3v) is 4.77. The standard InChI is InChI=1S/C20H20O6/c1-25-18-6-11(3-4-16(18)23)20-14-8-17(24)19(26-2)7-12(14)5-13(9-21)15(20)10-22/h3-9,15,20,22-24H,10H2,1-2H3/t15-,20-/m1/s1. The first-order valence-electron chi connectivity index (χ1n) is 8.09. The van der Waals surface area contributed by atoms with Crippen LogP contribution >= 0.6 is 0 Å². The van der Waals surface area contributed by atoms with Crippen molar-refractivity contribution in [2.45, 2.75) is 5.92 Å². The molecule has 3 N–H and O–H groups in total. The van der Waals surface area contributed by atoms with Crippen molar-refractivity contribution in [3.05, 3.63) is 52.6 Å². The van der Waals surface area contributed by atoms with Crippen LogP contribution in [-0.2, 0) is 4.79 Å². The van der Waals surface area contributed by atoms with Crippen LogP contribution in [0, 0.1) is 5.92 Å². The Morgan fingerprint density at radius 3 is 2.35 bits per heavy atom. The normalized spacial score (nSPS) is 18.7. The highest BCUT2D eigenvalue weighted by Gasteiger charge is 2.34. The molecule has 3 rings (SSSR count). The Bertz CT molecular complexity index is 871. The summed E-state index contributed by atoms with van der Waals surface area (Å²) in [4.78, 5) is 11.6. The fourth-order valence-electron chi connectivity index (χ4n) is 3.49. The van der Waals surface area contributed by atoms with Gasteiger partial charge in [-0.15, -0.1) is 0 Å². The monoisotopic (exact) mass is 356 g/mol. The van der Waals surface area contributed by atoms with E-state index in [-0.39, 0.29) is 18.1 Å². The number of rotatable bonds is 5. The number of aliphatic hydroxyl groups is 1. The van der Waals surface area contributed by atoms with E-state index in [1.54, 1.807) is 30.3 Å². The minimum Gasteiger partial charge on any atom is -0.504 e. The van der Waals surface area contributed by atoms with Crippen LogP contribution in [0.4, 0.5) is 0 Å². The first-order valence-corrected chi connectivity index (χ1v) is 8.09. The maximum Gasteiger partial charge on any atom is 0.161 e. The number of hydrogen-bond acceptors (Lipinski definition) is 6. The minimum absolute atomic E-state index is 0.00318. The van der Waals surface area contributed by atoms with Crippen molar-refractivity contribution >= 4 is 12.4 Å². The lowest BCUT2D eigenvalue weighted by molar-refractivity contribution is -0.105. The van der Waals surface area contributed by atoms with Gasteiger partial charge in [-0.25, -0.2) is 0 Å². The van der Waals surface area contributed by atoms with Crippen LogP contribution in [0.5, 0.6) is 23.0 Å². The van der Waals surface area contributed by atoms with Gasteiger partial charge in [-0.2, -0.15) is 0 Å². The second-order valence-electron chi connectivity index (χ2n) is 6.11. The molecule has 1 aliphatic carbocycles. The average Bonchev–Trinajstić information content (AvgIpc) is 2.66. The summed E-state index contributed by atoms with van der Waals surface area (Å²) in [5, 5.41) is 30.0.